The second-order valence-electron chi connectivity index (χ2n) is 6.78. The number of nitrogens with zero attached hydrogens (tertiary/aromatic N) is 2. The summed E-state index contributed by atoms with van der Waals surface area (Å²) in [4.78, 5) is 14.6. The molecule has 144 valence electrons. The zero-order valence-corrected chi connectivity index (χ0v) is 17.1. The van der Waals surface area contributed by atoms with Gasteiger partial charge in [-0.3, -0.25) is 9.89 Å². The van der Waals surface area contributed by atoms with Gasteiger partial charge in [0.15, 0.2) is 5.82 Å². The van der Waals surface area contributed by atoms with Crippen molar-refractivity contribution < 1.29 is 9.53 Å². The van der Waals surface area contributed by atoms with Gasteiger partial charge in [-0.25, -0.2) is 0 Å². The predicted octanol–water partition coefficient (Wildman–Crippen LogP) is 3.86. The molecule has 0 aliphatic carbocycles. The highest BCUT2D eigenvalue weighted by Crippen LogP contribution is 2.26. The number of rotatable bonds is 5. The van der Waals surface area contributed by atoms with Gasteiger partial charge in [-0.15, -0.1) is 0 Å². The first-order valence-electron chi connectivity index (χ1n) is 9.13. The second-order valence-corrected chi connectivity index (χ2v) is 7.70. The van der Waals surface area contributed by atoms with E-state index < -0.39 is 0 Å². The molecule has 2 aromatic carbocycles. The Balaban J connectivity index is 1.39. The maximum absolute atomic E-state index is 12.5. The number of amides is 1. The predicted molar refractivity (Wildman–Crippen MR) is 113 cm³/mol. The smallest absolute Gasteiger partial charge is 0.251 e. The fourth-order valence-electron chi connectivity index (χ4n) is 3.38. The summed E-state index contributed by atoms with van der Waals surface area (Å²) in [5.41, 5.74) is 2.67. The summed E-state index contributed by atoms with van der Waals surface area (Å²) < 4.78 is 6.10. The molecule has 0 unspecified atom stereocenters. The first-order chi connectivity index (χ1) is 13.6. The van der Waals surface area contributed by atoms with E-state index in [0.717, 1.165) is 46.8 Å². The molecular weight excluding hydrogens is 420 g/mol. The Labute approximate surface area is 172 Å². The van der Waals surface area contributed by atoms with Crippen molar-refractivity contribution in [3.05, 3.63) is 64.6 Å². The number of hydrogen-bond donors (Lipinski definition) is 2. The highest BCUT2D eigenvalue weighted by molar-refractivity contribution is 9.10. The van der Waals surface area contributed by atoms with Crippen LogP contribution in [0.2, 0.25) is 0 Å². The van der Waals surface area contributed by atoms with Gasteiger partial charge in [-0.1, -0.05) is 22.0 Å². The first-order valence-corrected chi connectivity index (χ1v) is 9.93. The molecule has 1 saturated heterocycles. The van der Waals surface area contributed by atoms with Crippen LogP contribution in [0.4, 0.5) is 5.82 Å². The third kappa shape index (κ3) is 4.04. The molecule has 1 amide bonds. The summed E-state index contributed by atoms with van der Waals surface area (Å²) in [6.45, 7) is 1.60. The molecule has 2 heterocycles. The summed E-state index contributed by atoms with van der Waals surface area (Å²) in [7, 11) is 1.66. The van der Waals surface area contributed by atoms with Crippen LogP contribution in [0.5, 0.6) is 5.75 Å². The lowest BCUT2D eigenvalue weighted by atomic mass is 10.1. The molecule has 0 radical (unpaired) electrons. The van der Waals surface area contributed by atoms with Gasteiger partial charge in [0, 0.05) is 35.2 Å². The van der Waals surface area contributed by atoms with Crippen LogP contribution in [0.25, 0.3) is 11.3 Å². The molecule has 1 aliphatic heterocycles. The molecule has 3 aromatic rings. The topological polar surface area (TPSA) is 70.2 Å². The Hall–Kier alpha value is -2.80. The van der Waals surface area contributed by atoms with Crippen molar-refractivity contribution in [2.24, 2.45) is 0 Å². The molecule has 1 atom stereocenters. The van der Waals surface area contributed by atoms with E-state index in [1.54, 1.807) is 7.11 Å². The largest absolute Gasteiger partial charge is 0.497 e. The maximum Gasteiger partial charge on any atom is 0.251 e. The van der Waals surface area contributed by atoms with Gasteiger partial charge in [0.05, 0.1) is 12.8 Å². The minimum absolute atomic E-state index is 0.0471. The van der Waals surface area contributed by atoms with Crippen molar-refractivity contribution in [1.29, 1.82) is 0 Å². The summed E-state index contributed by atoms with van der Waals surface area (Å²) in [5.74, 6) is 1.67. The average Bonchev–Trinajstić information content (AvgIpc) is 3.37. The number of ether oxygens (including phenoxy) is 1. The van der Waals surface area contributed by atoms with E-state index >= 15 is 0 Å². The van der Waals surface area contributed by atoms with E-state index in [9.17, 15) is 4.79 Å². The molecule has 7 heteroatoms. The Kier molecular flexibility index (Phi) is 5.34. The normalized spacial score (nSPS) is 16.2. The van der Waals surface area contributed by atoms with Crippen LogP contribution in [-0.2, 0) is 0 Å². The second kappa shape index (κ2) is 8.06. The fraction of sp³-hybridized carbons (Fsp3) is 0.238. The molecule has 0 saturated carbocycles. The van der Waals surface area contributed by atoms with Gasteiger partial charge in [0.25, 0.3) is 5.91 Å². The fourth-order valence-corrected chi connectivity index (χ4v) is 3.78. The van der Waals surface area contributed by atoms with Crippen LogP contribution >= 0.6 is 15.9 Å². The van der Waals surface area contributed by atoms with Crippen LogP contribution in [0.1, 0.15) is 16.8 Å². The Bertz CT molecular complexity index is 971. The van der Waals surface area contributed by atoms with Gasteiger partial charge >= 0.3 is 0 Å². The number of nitrogens with one attached hydrogen (secondary N) is 2. The van der Waals surface area contributed by atoms with Gasteiger partial charge in [0.2, 0.25) is 0 Å². The number of carbonyl (C=O) groups excluding carboxylic acids is 1. The number of aromatic nitrogens is 2. The van der Waals surface area contributed by atoms with Crippen molar-refractivity contribution in [2.75, 3.05) is 25.1 Å². The van der Waals surface area contributed by atoms with Gasteiger partial charge in [0.1, 0.15) is 5.75 Å². The van der Waals surface area contributed by atoms with Crippen molar-refractivity contribution >= 4 is 27.7 Å². The van der Waals surface area contributed by atoms with E-state index in [1.807, 2.05) is 54.6 Å². The van der Waals surface area contributed by atoms with Crippen molar-refractivity contribution in [3.63, 3.8) is 0 Å². The molecule has 2 N–H and O–H groups in total. The van der Waals surface area contributed by atoms with Gasteiger partial charge in [-0.2, -0.15) is 5.10 Å². The van der Waals surface area contributed by atoms with Crippen LogP contribution in [0.15, 0.2) is 59.1 Å². The molecular formula is C21H21BrN4O2. The number of benzene rings is 2. The number of methoxy groups -OCH3 is 1. The van der Waals surface area contributed by atoms with E-state index in [4.69, 9.17) is 4.74 Å². The number of anilines is 1. The third-order valence-corrected chi connectivity index (χ3v) is 5.39. The zero-order chi connectivity index (χ0) is 19.5. The summed E-state index contributed by atoms with van der Waals surface area (Å²) in [5, 5.41) is 10.7. The maximum atomic E-state index is 12.5. The molecule has 28 heavy (non-hydrogen) atoms. The highest BCUT2D eigenvalue weighted by Gasteiger charge is 2.26. The van der Waals surface area contributed by atoms with Crippen molar-refractivity contribution in [3.8, 4) is 17.0 Å². The monoisotopic (exact) mass is 440 g/mol. The minimum Gasteiger partial charge on any atom is -0.497 e. The van der Waals surface area contributed by atoms with E-state index in [0.29, 0.717) is 5.56 Å². The van der Waals surface area contributed by atoms with E-state index in [2.05, 4.69) is 36.3 Å². The molecule has 4 rings (SSSR count). The van der Waals surface area contributed by atoms with E-state index in [1.165, 1.54) is 0 Å². The van der Waals surface area contributed by atoms with Gasteiger partial charge < -0.3 is 15.0 Å². The van der Waals surface area contributed by atoms with Crippen molar-refractivity contribution in [1.82, 2.24) is 15.5 Å². The molecule has 6 nitrogen and oxygen atoms in total. The molecule has 0 bridgehead atoms. The van der Waals surface area contributed by atoms with Crippen LogP contribution in [0, 0.1) is 0 Å². The summed E-state index contributed by atoms with van der Waals surface area (Å²) in [6, 6.07) is 17.4. The highest BCUT2D eigenvalue weighted by atomic mass is 79.9. The Morgan fingerprint density at radius 2 is 2.07 bits per heavy atom. The number of H-pyrrole nitrogens is 1. The lowest BCUT2D eigenvalue weighted by molar-refractivity contribution is 0.0940. The summed E-state index contributed by atoms with van der Waals surface area (Å²) >= 11 is 3.41. The third-order valence-electron chi connectivity index (χ3n) is 4.90. The first kappa shape index (κ1) is 18.6. The quantitative estimate of drug-likeness (QED) is 0.631. The summed E-state index contributed by atoms with van der Waals surface area (Å²) in [6.07, 6.45) is 0.893. The molecule has 0 spiro atoms. The standard InChI is InChI=1S/C21H21BrN4O2/c1-28-18-7-5-14(6-8-18)19-12-20(25-24-19)26-10-9-17(13-26)23-21(27)15-3-2-4-16(22)11-15/h2-8,11-12,17H,9-10,13H2,1H3,(H,23,27)(H,24,25)/t17-/m1/s1. The number of halogens is 1. The number of hydrogen-bond acceptors (Lipinski definition) is 4. The Morgan fingerprint density at radius 1 is 1.25 bits per heavy atom. The number of carbonyl (C=O) groups is 1. The van der Waals surface area contributed by atoms with Gasteiger partial charge in [-0.05, 0) is 54.4 Å². The Morgan fingerprint density at radius 3 is 2.82 bits per heavy atom. The zero-order valence-electron chi connectivity index (χ0n) is 15.5. The lowest BCUT2D eigenvalue weighted by Crippen LogP contribution is -2.37. The van der Waals surface area contributed by atoms with E-state index in [-0.39, 0.29) is 11.9 Å². The SMILES string of the molecule is COc1ccc(-c2cc(N3CC[C@@H](NC(=O)c4cccc(Br)c4)C3)n[nH]2)cc1. The number of aromatic amines is 1. The van der Waals surface area contributed by atoms with Crippen LogP contribution < -0.4 is 15.0 Å². The van der Waals surface area contributed by atoms with Crippen molar-refractivity contribution in [2.45, 2.75) is 12.5 Å². The van der Waals surface area contributed by atoms with Crippen LogP contribution in [-0.4, -0.2) is 42.3 Å². The molecule has 1 aromatic heterocycles. The lowest BCUT2D eigenvalue weighted by Gasteiger charge is -2.16. The van der Waals surface area contributed by atoms with Crippen LogP contribution in [0.3, 0.4) is 0 Å². The molecule has 1 fully saturated rings. The average molecular weight is 441 g/mol. The molecule has 1 aliphatic rings. The minimum atomic E-state index is -0.0471.